The second kappa shape index (κ2) is 22.7. The molecule has 0 aliphatic carbocycles. The van der Waals surface area contributed by atoms with Gasteiger partial charge in [0.1, 0.15) is 0 Å². The Labute approximate surface area is 322 Å². The van der Waals surface area contributed by atoms with Crippen LogP contribution in [0.1, 0.15) is 33.4 Å². The molecule has 0 aliphatic heterocycles. The maximum Gasteiger partial charge on any atom is 2.00 e. The molecule has 6 rings (SSSR count). The summed E-state index contributed by atoms with van der Waals surface area (Å²) in [6.07, 6.45) is 10.9. The molecule has 0 N–H and O–H groups in total. The van der Waals surface area contributed by atoms with Gasteiger partial charge in [-0.1, -0.05) is 0 Å². The third-order valence-electron chi connectivity index (χ3n) is 6.28. The van der Waals surface area contributed by atoms with Crippen molar-refractivity contribution in [3.05, 3.63) is 143 Å². The van der Waals surface area contributed by atoms with Gasteiger partial charge in [0.2, 0.25) is 0 Å². The molecule has 280 valence electrons. The SMILES string of the molecule is Cc1ccnc(-c2cc(C)ccn2)c1.Cc1ccnc(-c2cc(C)ccn2)c1.Cc1ccnc(-c2cc(C)ccn2)c1.[Fe+2].[O-][Cl+3]([O-])([O-])[O-].[O-][Cl+3]([O-])([O-])[O-]. The molecule has 0 saturated carbocycles. The second-order valence-corrected chi connectivity index (χ2v) is 12.6. The van der Waals surface area contributed by atoms with Crippen LogP contribution in [0.4, 0.5) is 0 Å². The quantitative estimate of drug-likeness (QED) is 0.190. The van der Waals surface area contributed by atoms with Crippen molar-refractivity contribution in [1.82, 2.24) is 29.9 Å². The van der Waals surface area contributed by atoms with Crippen molar-refractivity contribution in [3.63, 3.8) is 0 Å². The minimum Gasteiger partial charge on any atom is -0.255 e. The Kier molecular flexibility index (Phi) is 20.0. The number of aromatic nitrogens is 6. The number of hydrogen-bond donors (Lipinski definition) is 0. The Morgan fingerprint density at radius 2 is 0.415 bits per heavy atom. The zero-order valence-corrected chi connectivity index (χ0v) is 32.1. The molecule has 17 heteroatoms. The summed E-state index contributed by atoms with van der Waals surface area (Å²) in [7, 11) is -9.89. The van der Waals surface area contributed by atoms with Crippen LogP contribution in [0.3, 0.4) is 0 Å². The van der Waals surface area contributed by atoms with Crippen molar-refractivity contribution in [2.75, 3.05) is 0 Å². The Hall–Kier alpha value is -4.32. The van der Waals surface area contributed by atoms with Gasteiger partial charge in [-0.25, -0.2) is 37.3 Å². The molecule has 0 spiro atoms. The van der Waals surface area contributed by atoms with Gasteiger partial charge in [0.15, 0.2) is 0 Å². The van der Waals surface area contributed by atoms with Crippen molar-refractivity contribution >= 4 is 0 Å². The van der Waals surface area contributed by atoms with Crippen LogP contribution >= 0.6 is 0 Å². The third kappa shape index (κ3) is 21.7. The number of aryl methyl sites for hydroxylation is 6. The zero-order chi connectivity index (χ0) is 38.9. The number of hydrogen-bond acceptors (Lipinski definition) is 14. The predicted molar refractivity (Wildman–Crippen MR) is 171 cm³/mol. The summed E-state index contributed by atoms with van der Waals surface area (Å²) in [6, 6.07) is 24.2. The van der Waals surface area contributed by atoms with Gasteiger partial charge in [0.25, 0.3) is 0 Å². The first-order chi connectivity index (χ1) is 24.3. The molecule has 6 heterocycles. The number of halogens is 2. The summed E-state index contributed by atoms with van der Waals surface area (Å²) >= 11 is 0. The average Bonchev–Trinajstić information content (AvgIpc) is 3.04. The molecular formula is C36H36Cl2FeN6O8. The molecule has 0 aromatic carbocycles. The third-order valence-corrected chi connectivity index (χ3v) is 6.28. The molecule has 6 aromatic heterocycles. The summed E-state index contributed by atoms with van der Waals surface area (Å²) < 4.78 is 67.9. The molecule has 0 atom stereocenters. The van der Waals surface area contributed by atoms with Gasteiger partial charge in [-0.15, -0.1) is 20.5 Å². The molecule has 0 aliphatic rings. The van der Waals surface area contributed by atoms with Crippen LogP contribution in [0.15, 0.2) is 110 Å². The van der Waals surface area contributed by atoms with Gasteiger partial charge in [-0.3, -0.25) is 29.9 Å². The smallest absolute Gasteiger partial charge is 0.255 e. The minimum atomic E-state index is -4.94. The van der Waals surface area contributed by atoms with Crippen molar-refractivity contribution < 1.29 is 74.8 Å². The van der Waals surface area contributed by atoms with Gasteiger partial charge < -0.3 is 0 Å². The minimum absolute atomic E-state index is 0. The summed E-state index contributed by atoms with van der Waals surface area (Å²) in [5, 5.41) is 0. The molecule has 0 radical (unpaired) electrons. The normalized spacial score (nSPS) is 10.3. The maximum atomic E-state index is 8.49. The van der Waals surface area contributed by atoms with E-state index in [0.29, 0.717) is 0 Å². The molecule has 0 amide bonds. The second-order valence-electron chi connectivity index (χ2n) is 11.1. The van der Waals surface area contributed by atoms with Gasteiger partial charge in [-0.2, -0.15) is 0 Å². The predicted octanol–water partition coefficient (Wildman–Crippen LogP) is -1.23. The number of pyridine rings is 6. The molecule has 0 fully saturated rings. The van der Waals surface area contributed by atoms with E-state index in [1.807, 2.05) is 110 Å². The molecule has 0 saturated heterocycles. The summed E-state index contributed by atoms with van der Waals surface area (Å²) in [4.78, 5) is 25.7. The molecule has 6 aromatic rings. The molecule has 0 unspecified atom stereocenters. The Balaban J connectivity index is 0.000000350. The van der Waals surface area contributed by atoms with E-state index in [2.05, 4.69) is 71.4 Å². The molecule has 14 nitrogen and oxygen atoms in total. The van der Waals surface area contributed by atoms with Crippen LogP contribution in [-0.4, -0.2) is 29.9 Å². The molecule has 0 bridgehead atoms. The van der Waals surface area contributed by atoms with Crippen molar-refractivity contribution in [3.8, 4) is 34.2 Å². The van der Waals surface area contributed by atoms with Crippen LogP contribution in [0.2, 0.25) is 0 Å². The summed E-state index contributed by atoms with van der Waals surface area (Å²) in [6.45, 7) is 12.3. The molecular weight excluding hydrogens is 771 g/mol. The van der Waals surface area contributed by atoms with Crippen LogP contribution in [0.25, 0.3) is 34.2 Å². The Morgan fingerprint density at radius 3 is 0.509 bits per heavy atom. The average molecular weight is 807 g/mol. The zero-order valence-electron chi connectivity index (χ0n) is 29.5. The first-order valence-electron chi connectivity index (χ1n) is 15.1. The van der Waals surface area contributed by atoms with Crippen LogP contribution in [0, 0.1) is 62.0 Å². The monoisotopic (exact) mass is 806 g/mol. The fourth-order valence-electron chi connectivity index (χ4n) is 4.06. The first-order valence-corrected chi connectivity index (χ1v) is 17.5. The summed E-state index contributed by atoms with van der Waals surface area (Å²) in [5.74, 6) is 0. The van der Waals surface area contributed by atoms with E-state index in [1.54, 1.807) is 0 Å². The first kappa shape index (κ1) is 46.7. The van der Waals surface area contributed by atoms with E-state index >= 15 is 0 Å². The molecule has 53 heavy (non-hydrogen) atoms. The largest absolute Gasteiger partial charge is 2.00 e. The topological polar surface area (TPSA) is 262 Å². The van der Waals surface area contributed by atoms with Gasteiger partial charge in [0.05, 0.1) is 34.2 Å². The number of nitrogens with zero attached hydrogens (tertiary/aromatic N) is 6. The van der Waals surface area contributed by atoms with E-state index in [4.69, 9.17) is 37.3 Å². The van der Waals surface area contributed by atoms with Crippen LogP contribution in [0.5, 0.6) is 0 Å². The van der Waals surface area contributed by atoms with E-state index in [1.165, 1.54) is 33.4 Å². The Bertz CT molecular complexity index is 1640. The van der Waals surface area contributed by atoms with Crippen molar-refractivity contribution in [1.29, 1.82) is 0 Å². The van der Waals surface area contributed by atoms with Crippen LogP contribution < -0.4 is 37.3 Å². The van der Waals surface area contributed by atoms with E-state index in [-0.39, 0.29) is 17.1 Å². The Morgan fingerprint density at radius 1 is 0.302 bits per heavy atom. The van der Waals surface area contributed by atoms with Crippen molar-refractivity contribution in [2.24, 2.45) is 0 Å². The van der Waals surface area contributed by atoms with Crippen LogP contribution in [-0.2, 0) is 17.1 Å². The van der Waals surface area contributed by atoms with Crippen molar-refractivity contribution in [2.45, 2.75) is 41.5 Å². The van der Waals surface area contributed by atoms with Gasteiger partial charge in [-0.05, 0) is 148 Å². The van der Waals surface area contributed by atoms with E-state index in [9.17, 15) is 0 Å². The fourth-order valence-corrected chi connectivity index (χ4v) is 4.06. The van der Waals surface area contributed by atoms with E-state index < -0.39 is 20.5 Å². The standard InChI is InChI=1S/3C12H12N2.2ClHO4.Fe/c3*1-9-3-5-13-11(7-9)12-8-10(2)4-6-14-12;2*2-1(3,4)5;/h3*3-8H,1-2H3;2*(H,2,3,4,5);/q;;;;;+2/p-2. The maximum absolute atomic E-state index is 8.49. The fraction of sp³-hybridized carbons (Fsp3) is 0.167. The summed E-state index contributed by atoms with van der Waals surface area (Å²) in [5.41, 5.74) is 12.9. The van der Waals surface area contributed by atoms with E-state index in [0.717, 1.165) is 34.2 Å². The van der Waals surface area contributed by atoms with Gasteiger partial charge >= 0.3 is 17.1 Å². The number of rotatable bonds is 3. The van der Waals surface area contributed by atoms with Gasteiger partial charge in [0, 0.05) is 37.2 Å².